The zero-order valence-corrected chi connectivity index (χ0v) is 8.33. The van der Waals surface area contributed by atoms with Crippen LogP contribution in [0, 0.1) is 5.41 Å². The van der Waals surface area contributed by atoms with Crippen LogP contribution in [0.2, 0.25) is 0 Å². The predicted octanol–water partition coefficient (Wildman–Crippen LogP) is 0.480. The Kier molecular flexibility index (Phi) is 2.58. The minimum atomic E-state index is 0.266. The van der Waals surface area contributed by atoms with Crippen LogP contribution in [0.5, 0.6) is 0 Å². The molecule has 0 aromatic carbocycles. The van der Waals surface area contributed by atoms with Gasteiger partial charge >= 0.3 is 0 Å². The van der Waals surface area contributed by atoms with Crippen molar-refractivity contribution in [3.05, 3.63) is 0 Å². The van der Waals surface area contributed by atoms with Gasteiger partial charge in [-0.25, -0.2) is 0 Å². The van der Waals surface area contributed by atoms with Crippen LogP contribution in [-0.2, 0) is 4.74 Å². The molecule has 2 aliphatic rings. The smallest absolute Gasteiger partial charge is 0.0710 e. The van der Waals surface area contributed by atoms with E-state index < -0.39 is 0 Å². The highest BCUT2D eigenvalue weighted by atomic mass is 16.5. The number of ether oxygens (including phenoxy) is 1. The van der Waals surface area contributed by atoms with Gasteiger partial charge in [0.15, 0.2) is 0 Å². The van der Waals surface area contributed by atoms with Gasteiger partial charge in [0.1, 0.15) is 0 Å². The van der Waals surface area contributed by atoms with E-state index in [4.69, 9.17) is 4.74 Å². The first kappa shape index (κ1) is 9.44. The Morgan fingerprint density at radius 3 is 2.77 bits per heavy atom. The Labute approximate surface area is 79.7 Å². The van der Waals surface area contributed by atoms with Crippen LogP contribution < -0.4 is 0 Å². The van der Waals surface area contributed by atoms with Crippen LogP contribution in [0.1, 0.15) is 19.3 Å². The summed E-state index contributed by atoms with van der Waals surface area (Å²) in [4.78, 5) is 2.43. The van der Waals surface area contributed by atoms with E-state index in [9.17, 15) is 5.11 Å². The molecule has 0 bridgehead atoms. The highest BCUT2D eigenvalue weighted by Crippen LogP contribution is 2.46. The van der Waals surface area contributed by atoms with Crippen molar-refractivity contribution in [2.75, 3.05) is 33.4 Å². The molecular formula is C10H19NO2. The molecule has 1 N–H and O–H groups in total. The van der Waals surface area contributed by atoms with Crippen LogP contribution in [-0.4, -0.2) is 49.5 Å². The van der Waals surface area contributed by atoms with E-state index in [1.54, 1.807) is 7.11 Å². The topological polar surface area (TPSA) is 32.7 Å². The second-order valence-electron chi connectivity index (χ2n) is 4.54. The molecule has 13 heavy (non-hydrogen) atoms. The standard InChI is InChI=1S/C10H19NO2/c1-13-9-2-5-11(6-9)7-10(8-12)3-4-10/h9,12H,2-8H2,1H3. The van der Waals surface area contributed by atoms with Crippen LogP contribution >= 0.6 is 0 Å². The van der Waals surface area contributed by atoms with E-state index in [2.05, 4.69) is 4.90 Å². The van der Waals surface area contributed by atoms with Gasteiger partial charge in [-0.3, -0.25) is 0 Å². The Morgan fingerprint density at radius 2 is 2.31 bits per heavy atom. The second-order valence-corrected chi connectivity index (χ2v) is 4.54. The van der Waals surface area contributed by atoms with Gasteiger partial charge in [-0.2, -0.15) is 0 Å². The number of aliphatic hydroxyl groups is 1. The van der Waals surface area contributed by atoms with Gasteiger partial charge in [-0.05, 0) is 19.3 Å². The first-order chi connectivity index (χ1) is 6.28. The van der Waals surface area contributed by atoms with Crippen molar-refractivity contribution in [2.24, 2.45) is 5.41 Å². The molecule has 1 heterocycles. The first-order valence-corrected chi connectivity index (χ1v) is 5.14. The van der Waals surface area contributed by atoms with Gasteiger partial charge in [0.05, 0.1) is 6.10 Å². The number of hydrogen-bond donors (Lipinski definition) is 1. The molecule has 76 valence electrons. The fourth-order valence-corrected chi connectivity index (χ4v) is 2.15. The summed E-state index contributed by atoms with van der Waals surface area (Å²) in [5.74, 6) is 0. The van der Waals surface area contributed by atoms with Crippen molar-refractivity contribution in [3.63, 3.8) is 0 Å². The van der Waals surface area contributed by atoms with E-state index in [0.717, 1.165) is 26.1 Å². The maximum atomic E-state index is 9.18. The number of methoxy groups -OCH3 is 1. The normalized spacial score (nSPS) is 32.3. The molecule has 0 aromatic rings. The summed E-state index contributed by atoms with van der Waals surface area (Å²) in [7, 11) is 1.78. The molecule has 1 atom stereocenters. The van der Waals surface area contributed by atoms with Crippen molar-refractivity contribution in [2.45, 2.75) is 25.4 Å². The summed E-state index contributed by atoms with van der Waals surface area (Å²) >= 11 is 0. The van der Waals surface area contributed by atoms with Gasteiger partial charge in [0.2, 0.25) is 0 Å². The molecule has 2 fully saturated rings. The Bertz CT molecular complexity index is 180. The van der Waals surface area contributed by atoms with Gasteiger partial charge in [-0.15, -0.1) is 0 Å². The maximum Gasteiger partial charge on any atom is 0.0710 e. The van der Waals surface area contributed by atoms with E-state index in [1.807, 2.05) is 0 Å². The van der Waals surface area contributed by atoms with Crippen molar-refractivity contribution in [1.82, 2.24) is 4.90 Å². The van der Waals surface area contributed by atoms with Crippen molar-refractivity contribution in [1.29, 1.82) is 0 Å². The van der Waals surface area contributed by atoms with E-state index >= 15 is 0 Å². The Balaban J connectivity index is 1.77. The maximum absolute atomic E-state index is 9.18. The summed E-state index contributed by atoms with van der Waals surface area (Å²) in [5.41, 5.74) is 0.266. The third-order valence-electron chi connectivity index (χ3n) is 3.41. The fourth-order valence-electron chi connectivity index (χ4n) is 2.15. The zero-order chi connectivity index (χ0) is 9.31. The van der Waals surface area contributed by atoms with Crippen LogP contribution in [0.15, 0.2) is 0 Å². The summed E-state index contributed by atoms with van der Waals surface area (Å²) < 4.78 is 5.31. The average Bonchev–Trinajstić information content (AvgIpc) is 2.77. The molecule has 1 aliphatic carbocycles. The van der Waals surface area contributed by atoms with Gasteiger partial charge in [0, 0.05) is 38.8 Å². The summed E-state index contributed by atoms with van der Waals surface area (Å²) in [6.07, 6.45) is 3.99. The van der Waals surface area contributed by atoms with Crippen LogP contribution in [0.3, 0.4) is 0 Å². The second kappa shape index (κ2) is 3.56. The fraction of sp³-hybridized carbons (Fsp3) is 1.00. The number of likely N-dealkylation sites (tertiary alicyclic amines) is 1. The Morgan fingerprint density at radius 1 is 1.54 bits per heavy atom. The van der Waals surface area contributed by atoms with Gasteiger partial charge in [-0.1, -0.05) is 0 Å². The summed E-state index contributed by atoms with van der Waals surface area (Å²) in [6, 6.07) is 0. The first-order valence-electron chi connectivity index (χ1n) is 5.14. The molecule has 0 spiro atoms. The molecule has 1 saturated heterocycles. The number of aliphatic hydroxyl groups excluding tert-OH is 1. The minimum Gasteiger partial charge on any atom is -0.396 e. The lowest BCUT2D eigenvalue weighted by atomic mass is 10.1. The number of rotatable bonds is 4. The lowest BCUT2D eigenvalue weighted by Gasteiger charge is -2.21. The average molecular weight is 185 g/mol. The molecule has 3 heteroatoms. The van der Waals surface area contributed by atoms with Gasteiger partial charge < -0.3 is 14.7 Å². The van der Waals surface area contributed by atoms with E-state index in [-0.39, 0.29) is 5.41 Å². The monoisotopic (exact) mass is 185 g/mol. The molecule has 0 radical (unpaired) electrons. The largest absolute Gasteiger partial charge is 0.396 e. The quantitative estimate of drug-likeness (QED) is 0.691. The van der Waals surface area contributed by atoms with Crippen molar-refractivity contribution in [3.8, 4) is 0 Å². The molecule has 1 aliphatic heterocycles. The summed E-state index contributed by atoms with van der Waals surface area (Å²) in [5, 5.41) is 9.18. The van der Waals surface area contributed by atoms with Crippen LogP contribution in [0.25, 0.3) is 0 Å². The minimum absolute atomic E-state index is 0.266. The number of hydrogen-bond acceptors (Lipinski definition) is 3. The third kappa shape index (κ3) is 2.03. The van der Waals surface area contributed by atoms with Crippen LogP contribution in [0.4, 0.5) is 0 Å². The Hall–Kier alpha value is -0.120. The summed E-state index contributed by atoms with van der Waals surface area (Å²) in [6.45, 7) is 3.63. The molecule has 2 rings (SSSR count). The van der Waals surface area contributed by atoms with Crippen molar-refractivity contribution < 1.29 is 9.84 Å². The molecule has 3 nitrogen and oxygen atoms in total. The number of nitrogens with zero attached hydrogens (tertiary/aromatic N) is 1. The van der Waals surface area contributed by atoms with E-state index in [0.29, 0.717) is 12.7 Å². The highest BCUT2D eigenvalue weighted by molar-refractivity contribution is 4.96. The lowest BCUT2D eigenvalue weighted by molar-refractivity contribution is 0.0994. The predicted molar refractivity (Wildman–Crippen MR) is 50.6 cm³/mol. The highest BCUT2D eigenvalue weighted by Gasteiger charge is 2.44. The van der Waals surface area contributed by atoms with Crippen molar-refractivity contribution >= 4 is 0 Å². The third-order valence-corrected chi connectivity index (χ3v) is 3.41. The van der Waals surface area contributed by atoms with E-state index in [1.165, 1.54) is 12.8 Å². The molecular weight excluding hydrogens is 166 g/mol. The van der Waals surface area contributed by atoms with Gasteiger partial charge in [0.25, 0.3) is 0 Å². The zero-order valence-electron chi connectivity index (χ0n) is 8.33. The molecule has 1 saturated carbocycles. The molecule has 0 aromatic heterocycles. The lowest BCUT2D eigenvalue weighted by Crippen LogP contribution is -2.31. The molecule has 1 unspecified atom stereocenters. The SMILES string of the molecule is COC1CCN(CC2(CO)CC2)C1. The molecule has 0 amide bonds.